The van der Waals surface area contributed by atoms with Crippen LogP contribution in [0, 0.1) is 6.92 Å². The standard InChI is InChI=1S/C15H23N5O/c1-7-16-11-9-12(18-14(17-11)15(3,4)5)21-13-8-10(2)19-20(13)6/h8-9H,7H2,1-6H3,(H,16,17,18). The highest BCUT2D eigenvalue weighted by atomic mass is 16.5. The number of aromatic nitrogens is 4. The van der Waals surface area contributed by atoms with Crippen LogP contribution in [-0.2, 0) is 12.5 Å². The molecule has 0 unspecified atom stereocenters. The molecule has 2 heterocycles. The lowest BCUT2D eigenvalue weighted by Gasteiger charge is -2.18. The quantitative estimate of drug-likeness (QED) is 0.937. The number of nitrogens with zero attached hydrogens (tertiary/aromatic N) is 4. The predicted octanol–water partition coefficient (Wildman–Crippen LogP) is 3.04. The zero-order valence-corrected chi connectivity index (χ0v) is 13.6. The van der Waals surface area contributed by atoms with Gasteiger partial charge in [-0.25, -0.2) is 9.67 Å². The van der Waals surface area contributed by atoms with E-state index in [0.29, 0.717) is 11.8 Å². The summed E-state index contributed by atoms with van der Waals surface area (Å²) >= 11 is 0. The summed E-state index contributed by atoms with van der Waals surface area (Å²) in [6.07, 6.45) is 0. The molecule has 0 spiro atoms. The second-order valence-electron chi connectivity index (χ2n) is 6.04. The maximum Gasteiger partial charge on any atom is 0.226 e. The van der Waals surface area contributed by atoms with Crippen molar-refractivity contribution in [3.8, 4) is 11.8 Å². The lowest BCUT2D eigenvalue weighted by molar-refractivity contribution is 0.406. The number of ether oxygens (including phenoxy) is 1. The van der Waals surface area contributed by atoms with Crippen molar-refractivity contribution in [1.29, 1.82) is 0 Å². The molecule has 6 nitrogen and oxygen atoms in total. The van der Waals surface area contributed by atoms with E-state index in [4.69, 9.17) is 4.74 Å². The molecule has 0 atom stereocenters. The molecule has 0 amide bonds. The van der Waals surface area contributed by atoms with Crippen LogP contribution in [0.5, 0.6) is 11.8 Å². The Hall–Kier alpha value is -2.11. The third kappa shape index (κ3) is 3.71. The van der Waals surface area contributed by atoms with Gasteiger partial charge in [-0.2, -0.15) is 10.1 Å². The third-order valence-electron chi connectivity index (χ3n) is 2.90. The van der Waals surface area contributed by atoms with Gasteiger partial charge in [0.25, 0.3) is 0 Å². The Morgan fingerprint density at radius 3 is 2.48 bits per heavy atom. The molecule has 0 aromatic carbocycles. The van der Waals surface area contributed by atoms with Crippen LogP contribution in [0.4, 0.5) is 5.82 Å². The molecule has 0 aliphatic rings. The van der Waals surface area contributed by atoms with Crippen molar-refractivity contribution in [3.63, 3.8) is 0 Å². The molecular formula is C15H23N5O. The molecular weight excluding hydrogens is 266 g/mol. The van der Waals surface area contributed by atoms with Crippen molar-refractivity contribution < 1.29 is 4.74 Å². The molecule has 0 bridgehead atoms. The van der Waals surface area contributed by atoms with Crippen molar-refractivity contribution >= 4 is 5.82 Å². The van der Waals surface area contributed by atoms with Gasteiger partial charge in [0.2, 0.25) is 11.8 Å². The molecule has 6 heteroatoms. The Bertz CT molecular complexity index is 627. The highest BCUT2D eigenvalue weighted by Crippen LogP contribution is 2.26. The normalized spacial score (nSPS) is 11.5. The van der Waals surface area contributed by atoms with Gasteiger partial charge in [-0.1, -0.05) is 20.8 Å². The fourth-order valence-corrected chi connectivity index (χ4v) is 1.87. The summed E-state index contributed by atoms with van der Waals surface area (Å²) in [6, 6.07) is 3.69. The lowest BCUT2D eigenvalue weighted by atomic mass is 9.96. The average Bonchev–Trinajstić information content (AvgIpc) is 2.67. The van der Waals surface area contributed by atoms with E-state index >= 15 is 0 Å². The Balaban J connectivity index is 2.38. The van der Waals surface area contributed by atoms with Gasteiger partial charge >= 0.3 is 0 Å². The molecule has 114 valence electrons. The van der Waals surface area contributed by atoms with Crippen molar-refractivity contribution in [3.05, 3.63) is 23.7 Å². The summed E-state index contributed by atoms with van der Waals surface area (Å²) in [6.45, 7) is 11.0. The van der Waals surface area contributed by atoms with Crippen LogP contribution < -0.4 is 10.1 Å². The first-order valence-corrected chi connectivity index (χ1v) is 7.11. The molecule has 0 aliphatic carbocycles. The molecule has 2 aromatic heterocycles. The van der Waals surface area contributed by atoms with E-state index in [1.807, 2.05) is 27.0 Å². The smallest absolute Gasteiger partial charge is 0.226 e. The van der Waals surface area contributed by atoms with Gasteiger partial charge in [0.15, 0.2) is 0 Å². The summed E-state index contributed by atoms with van der Waals surface area (Å²) in [5, 5.41) is 7.48. The van der Waals surface area contributed by atoms with Crippen LogP contribution in [0.2, 0.25) is 0 Å². The van der Waals surface area contributed by atoms with E-state index in [1.54, 1.807) is 10.7 Å². The van der Waals surface area contributed by atoms with Crippen LogP contribution in [0.1, 0.15) is 39.2 Å². The Kier molecular flexibility index (Phi) is 4.16. The fourth-order valence-electron chi connectivity index (χ4n) is 1.87. The largest absolute Gasteiger partial charge is 0.421 e. The van der Waals surface area contributed by atoms with Gasteiger partial charge in [0, 0.05) is 31.1 Å². The monoisotopic (exact) mass is 289 g/mol. The molecule has 0 saturated heterocycles. The topological polar surface area (TPSA) is 64.9 Å². The zero-order chi connectivity index (χ0) is 15.6. The second kappa shape index (κ2) is 5.71. The van der Waals surface area contributed by atoms with Crippen molar-refractivity contribution in [2.24, 2.45) is 7.05 Å². The summed E-state index contributed by atoms with van der Waals surface area (Å²) < 4.78 is 7.56. The molecule has 0 fully saturated rings. The minimum absolute atomic E-state index is 0.147. The van der Waals surface area contributed by atoms with Gasteiger partial charge in [-0.05, 0) is 13.8 Å². The lowest BCUT2D eigenvalue weighted by Crippen LogP contribution is -2.17. The van der Waals surface area contributed by atoms with E-state index < -0.39 is 0 Å². The molecule has 0 saturated carbocycles. The van der Waals surface area contributed by atoms with Gasteiger partial charge in [0.1, 0.15) is 11.6 Å². The number of anilines is 1. The van der Waals surface area contributed by atoms with Crippen LogP contribution >= 0.6 is 0 Å². The molecule has 0 aliphatic heterocycles. The Morgan fingerprint density at radius 2 is 1.95 bits per heavy atom. The first kappa shape index (κ1) is 15.3. The maximum absolute atomic E-state index is 5.86. The average molecular weight is 289 g/mol. The number of aryl methyl sites for hydroxylation is 2. The van der Waals surface area contributed by atoms with Gasteiger partial charge < -0.3 is 10.1 Å². The van der Waals surface area contributed by atoms with E-state index in [0.717, 1.165) is 23.9 Å². The third-order valence-corrected chi connectivity index (χ3v) is 2.90. The van der Waals surface area contributed by atoms with Crippen LogP contribution in [0.3, 0.4) is 0 Å². The fraction of sp³-hybridized carbons (Fsp3) is 0.533. The molecule has 0 radical (unpaired) electrons. The first-order chi connectivity index (χ1) is 9.79. The SMILES string of the molecule is CCNc1cc(Oc2cc(C)nn2C)nc(C(C)(C)C)n1. The van der Waals surface area contributed by atoms with Gasteiger partial charge in [-0.3, -0.25) is 0 Å². The summed E-state index contributed by atoms with van der Waals surface area (Å²) in [5.74, 6) is 2.70. The minimum Gasteiger partial charge on any atom is -0.421 e. The van der Waals surface area contributed by atoms with E-state index in [9.17, 15) is 0 Å². The number of rotatable bonds is 4. The zero-order valence-electron chi connectivity index (χ0n) is 13.6. The van der Waals surface area contributed by atoms with Crippen LogP contribution in [0.25, 0.3) is 0 Å². The van der Waals surface area contributed by atoms with E-state index in [2.05, 4.69) is 41.2 Å². The van der Waals surface area contributed by atoms with Crippen LogP contribution in [-0.4, -0.2) is 26.3 Å². The highest BCUT2D eigenvalue weighted by molar-refractivity contribution is 5.40. The van der Waals surface area contributed by atoms with Gasteiger partial charge in [0.05, 0.1) is 5.69 Å². The minimum atomic E-state index is -0.147. The highest BCUT2D eigenvalue weighted by Gasteiger charge is 2.20. The summed E-state index contributed by atoms with van der Waals surface area (Å²) in [4.78, 5) is 9.06. The predicted molar refractivity (Wildman–Crippen MR) is 82.9 cm³/mol. The second-order valence-corrected chi connectivity index (χ2v) is 6.04. The number of hydrogen-bond donors (Lipinski definition) is 1. The van der Waals surface area contributed by atoms with Crippen molar-refractivity contribution in [2.45, 2.75) is 40.0 Å². The molecule has 2 rings (SSSR count). The van der Waals surface area contributed by atoms with Gasteiger partial charge in [-0.15, -0.1) is 0 Å². The van der Waals surface area contributed by atoms with Crippen LogP contribution in [0.15, 0.2) is 12.1 Å². The number of hydrogen-bond acceptors (Lipinski definition) is 5. The van der Waals surface area contributed by atoms with Crippen molar-refractivity contribution in [1.82, 2.24) is 19.7 Å². The number of nitrogens with one attached hydrogen (secondary N) is 1. The maximum atomic E-state index is 5.86. The molecule has 2 aromatic rings. The molecule has 1 N–H and O–H groups in total. The van der Waals surface area contributed by atoms with E-state index in [1.165, 1.54) is 0 Å². The van der Waals surface area contributed by atoms with E-state index in [-0.39, 0.29) is 5.41 Å². The molecule has 21 heavy (non-hydrogen) atoms. The Morgan fingerprint density at radius 1 is 1.24 bits per heavy atom. The Labute approximate surface area is 125 Å². The van der Waals surface area contributed by atoms with Crippen molar-refractivity contribution in [2.75, 3.05) is 11.9 Å². The summed E-state index contributed by atoms with van der Waals surface area (Å²) in [7, 11) is 1.85. The first-order valence-electron chi connectivity index (χ1n) is 7.11. The summed E-state index contributed by atoms with van der Waals surface area (Å²) in [5.41, 5.74) is 0.760.